The molecule has 0 spiro atoms. The zero-order chi connectivity index (χ0) is 17.1. The number of aromatic nitrogens is 1. The van der Waals surface area contributed by atoms with E-state index in [1.165, 1.54) is 6.26 Å². The lowest BCUT2D eigenvalue weighted by Gasteiger charge is -2.33. The SMILES string of the molecule is Cc1nc(OCCCS(C)(=O)=O)ccc1B1OCC(C)(C)CO1. The van der Waals surface area contributed by atoms with Crippen LogP contribution in [0.25, 0.3) is 0 Å². The number of aryl methyl sites for hydroxylation is 1. The third kappa shape index (κ3) is 5.78. The molecule has 0 bridgehead atoms. The van der Waals surface area contributed by atoms with Crippen LogP contribution in [0.5, 0.6) is 5.88 Å². The van der Waals surface area contributed by atoms with Crippen molar-refractivity contribution in [2.45, 2.75) is 27.2 Å². The summed E-state index contributed by atoms with van der Waals surface area (Å²) < 4.78 is 39.2. The molecule has 0 radical (unpaired) electrons. The maximum absolute atomic E-state index is 11.1. The van der Waals surface area contributed by atoms with Gasteiger partial charge in [0.05, 0.1) is 12.4 Å². The number of pyridine rings is 1. The van der Waals surface area contributed by atoms with E-state index in [0.29, 0.717) is 32.1 Å². The number of rotatable bonds is 6. The lowest BCUT2D eigenvalue weighted by atomic mass is 9.75. The van der Waals surface area contributed by atoms with Crippen molar-refractivity contribution in [3.63, 3.8) is 0 Å². The lowest BCUT2D eigenvalue weighted by Crippen LogP contribution is -2.48. The van der Waals surface area contributed by atoms with Gasteiger partial charge in [0.15, 0.2) is 0 Å². The minimum atomic E-state index is -2.95. The van der Waals surface area contributed by atoms with Crippen LogP contribution in [-0.4, -0.2) is 52.3 Å². The molecule has 0 atom stereocenters. The Balaban J connectivity index is 1.91. The Morgan fingerprint density at radius 1 is 1.30 bits per heavy atom. The second-order valence-electron chi connectivity index (χ2n) is 6.77. The molecular weight excluding hydrogens is 317 g/mol. The van der Waals surface area contributed by atoms with Crippen LogP contribution in [-0.2, 0) is 19.1 Å². The minimum Gasteiger partial charge on any atom is -0.478 e. The Labute approximate surface area is 138 Å². The maximum Gasteiger partial charge on any atom is 0.495 e. The number of nitrogens with zero attached hydrogens (tertiary/aromatic N) is 1. The van der Waals surface area contributed by atoms with E-state index in [4.69, 9.17) is 14.0 Å². The smallest absolute Gasteiger partial charge is 0.478 e. The second kappa shape index (κ2) is 7.19. The van der Waals surface area contributed by atoms with Crippen molar-refractivity contribution < 1.29 is 22.5 Å². The Kier molecular flexibility index (Phi) is 5.70. The van der Waals surface area contributed by atoms with Gasteiger partial charge in [0.2, 0.25) is 5.88 Å². The van der Waals surface area contributed by atoms with Crippen molar-refractivity contribution in [2.24, 2.45) is 5.41 Å². The molecule has 23 heavy (non-hydrogen) atoms. The van der Waals surface area contributed by atoms with E-state index in [1.54, 1.807) is 6.07 Å². The van der Waals surface area contributed by atoms with Gasteiger partial charge in [-0.25, -0.2) is 13.4 Å². The van der Waals surface area contributed by atoms with E-state index in [-0.39, 0.29) is 11.2 Å². The summed E-state index contributed by atoms with van der Waals surface area (Å²) in [5.74, 6) is 0.597. The molecule has 8 heteroatoms. The Morgan fingerprint density at radius 3 is 2.52 bits per heavy atom. The van der Waals surface area contributed by atoms with Gasteiger partial charge in [0.1, 0.15) is 9.84 Å². The number of hydrogen-bond acceptors (Lipinski definition) is 6. The molecule has 1 aromatic rings. The van der Waals surface area contributed by atoms with Crippen LogP contribution in [0.3, 0.4) is 0 Å². The van der Waals surface area contributed by atoms with E-state index in [2.05, 4.69) is 18.8 Å². The van der Waals surface area contributed by atoms with Gasteiger partial charge in [-0.3, -0.25) is 0 Å². The zero-order valence-corrected chi connectivity index (χ0v) is 15.0. The van der Waals surface area contributed by atoms with Gasteiger partial charge < -0.3 is 14.0 Å². The molecule has 128 valence electrons. The molecule has 0 aromatic carbocycles. The first-order valence-electron chi connectivity index (χ1n) is 7.68. The topological polar surface area (TPSA) is 74.7 Å². The van der Waals surface area contributed by atoms with Crippen LogP contribution in [0.15, 0.2) is 12.1 Å². The summed E-state index contributed by atoms with van der Waals surface area (Å²) in [5, 5.41) is 0. The van der Waals surface area contributed by atoms with Crippen LogP contribution >= 0.6 is 0 Å². The van der Waals surface area contributed by atoms with Gasteiger partial charge in [-0.1, -0.05) is 19.9 Å². The van der Waals surface area contributed by atoms with Crippen molar-refractivity contribution in [3.8, 4) is 5.88 Å². The Morgan fingerprint density at radius 2 is 1.96 bits per heavy atom. The van der Waals surface area contributed by atoms with Crippen molar-refractivity contribution >= 4 is 22.4 Å². The van der Waals surface area contributed by atoms with Gasteiger partial charge in [-0.15, -0.1) is 0 Å². The molecule has 6 nitrogen and oxygen atoms in total. The van der Waals surface area contributed by atoms with Crippen molar-refractivity contribution in [1.82, 2.24) is 4.98 Å². The summed E-state index contributed by atoms with van der Waals surface area (Å²) in [6.45, 7) is 7.68. The molecule has 2 heterocycles. The largest absolute Gasteiger partial charge is 0.495 e. The molecule has 1 aliphatic heterocycles. The summed E-state index contributed by atoms with van der Waals surface area (Å²) >= 11 is 0. The molecule has 1 fully saturated rings. The number of hydrogen-bond donors (Lipinski definition) is 0. The Bertz CT molecular complexity index is 637. The molecule has 1 aromatic heterocycles. The van der Waals surface area contributed by atoms with Gasteiger partial charge in [0.25, 0.3) is 0 Å². The molecule has 0 saturated carbocycles. The second-order valence-corrected chi connectivity index (χ2v) is 9.03. The highest BCUT2D eigenvalue weighted by atomic mass is 32.2. The molecule has 0 unspecified atom stereocenters. The maximum atomic E-state index is 11.1. The van der Waals surface area contributed by atoms with Gasteiger partial charge >= 0.3 is 7.12 Å². The first kappa shape index (κ1) is 18.2. The average Bonchev–Trinajstić information content (AvgIpc) is 2.43. The fourth-order valence-electron chi connectivity index (χ4n) is 2.25. The van der Waals surface area contributed by atoms with Gasteiger partial charge in [0, 0.05) is 36.0 Å². The summed E-state index contributed by atoms with van der Waals surface area (Å²) in [6.07, 6.45) is 1.67. The third-order valence-corrected chi connectivity index (χ3v) is 4.55. The molecule has 2 rings (SSSR count). The van der Waals surface area contributed by atoms with E-state index in [0.717, 1.165) is 11.2 Å². The third-order valence-electron chi connectivity index (χ3n) is 3.52. The lowest BCUT2D eigenvalue weighted by molar-refractivity contribution is 0.0342. The number of ether oxygens (including phenoxy) is 1. The predicted octanol–water partition coefficient (Wildman–Crippen LogP) is 0.972. The first-order valence-corrected chi connectivity index (χ1v) is 9.74. The van der Waals surface area contributed by atoms with Gasteiger partial charge in [-0.05, 0) is 19.4 Å². The quantitative estimate of drug-likeness (QED) is 0.567. The van der Waals surface area contributed by atoms with Crippen LogP contribution in [0, 0.1) is 12.3 Å². The zero-order valence-electron chi connectivity index (χ0n) is 14.2. The molecule has 0 amide bonds. The van der Waals surface area contributed by atoms with E-state index >= 15 is 0 Å². The summed E-state index contributed by atoms with van der Waals surface area (Å²) in [6, 6.07) is 3.65. The standard InChI is InChI=1S/C15H24BNO5S/c1-12-13(16-21-10-15(2,3)11-22-16)6-7-14(17-12)20-8-5-9-23(4,18)19/h6-7H,5,8-11H2,1-4H3. The minimum absolute atomic E-state index is 0.0283. The van der Waals surface area contributed by atoms with Crippen molar-refractivity contribution in [2.75, 3.05) is 31.8 Å². The molecule has 0 aliphatic carbocycles. The molecular formula is C15H24BNO5S. The van der Waals surface area contributed by atoms with Crippen molar-refractivity contribution in [1.29, 1.82) is 0 Å². The average molecular weight is 341 g/mol. The predicted molar refractivity (Wildman–Crippen MR) is 89.9 cm³/mol. The number of sulfone groups is 1. The highest BCUT2D eigenvalue weighted by Crippen LogP contribution is 2.21. The Hall–Kier alpha value is -1.12. The van der Waals surface area contributed by atoms with Crippen LogP contribution in [0.2, 0.25) is 0 Å². The summed E-state index contributed by atoms with van der Waals surface area (Å²) in [4.78, 5) is 4.39. The van der Waals surface area contributed by atoms with Gasteiger partial charge in [-0.2, -0.15) is 0 Å². The molecule has 0 N–H and O–H groups in total. The highest BCUT2D eigenvalue weighted by Gasteiger charge is 2.34. The monoisotopic (exact) mass is 341 g/mol. The van der Waals surface area contributed by atoms with Crippen LogP contribution in [0.1, 0.15) is 26.0 Å². The normalized spacial score (nSPS) is 18.0. The fourth-order valence-corrected chi connectivity index (χ4v) is 2.89. The van der Waals surface area contributed by atoms with Crippen molar-refractivity contribution in [3.05, 3.63) is 17.8 Å². The van der Waals surface area contributed by atoms with Crippen LogP contribution in [0.4, 0.5) is 0 Å². The molecule has 1 aliphatic rings. The van der Waals surface area contributed by atoms with E-state index < -0.39 is 17.0 Å². The van der Waals surface area contributed by atoms with E-state index in [1.807, 2.05) is 13.0 Å². The van der Waals surface area contributed by atoms with E-state index in [9.17, 15) is 8.42 Å². The summed E-state index contributed by atoms with van der Waals surface area (Å²) in [5.41, 5.74) is 1.71. The summed E-state index contributed by atoms with van der Waals surface area (Å²) in [7, 11) is -3.34. The molecule has 1 saturated heterocycles. The highest BCUT2D eigenvalue weighted by molar-refractivity contribution is 7.90. The first-order chi connectivity index (χ1) is 10.7. The fraction of sp³-hybridized carbons (Fsp3) is 0.667. The van der Waals surface area contributed by atoms with Crippen LogP contribution < -0.4 is 10.2 Å².